The van der Waals surface area contributed by atoms with E-state index in [0.717, 1.165) is 6.42 Å². The standard InChI is InChI=1S/C12H25NOS.C11H23NOS/c1-10(2,3)9-8-11(4,5)13(14)12(6,7)15-9;1-9(2,3)8-10(4,5)12(13)11(6,7)14-8/h9,14H,8H2,1-7H3;8,13H,1-7H3. The fourth-order valence-electron chi connectivity index (χ4n) is 4.72. The fraction of sp³-hybridized carbons (Fsp3) is 1.00. The summed E-state index contributed by atoms with van der Waals surface area (Å²) in [5.74, 6) is 0. The predicted octanol–water partition coefficient (Wildman–Crippen LogP) is 7.10. The first kappa shape index (κ1) is 27.6. The van der Waals surface area contributed by atoms with Gasteiger partial charge < -0.3 is 10.4 Å². The van der Waals surface area contributed by atoms with Crippen molar-refractivity contribution in [3.05, 3.63) is 0 Å². The average molecular weight is 449 g/mol. The minimum absolute atomic E-state index is 0.132. The van der Waals surface area contributed by atoms with Gasteiger partial charge in [-0.1, -0.05) is 41.5 Å². The summed E-state index contributed by atoms with van der Waals surface area (Å²) < 4.78 is 0. The highest BCUT2D eigenvalue weighted by atomic mass is 32.2. The molecule has 4 nitrogen and oxygen atoms in total. The van der Waals surface area contributed by atoms with Crippen molar-refractivity contribution in [2.24, 2.45) is 10.8 Å². The minimum Gasteiger partial charge on any atom is -0.312 e. The Kier molecular flexibility index (Phi) is 7.75. The van der Waals surface area contributed by atoms with Gasteiger partial charge in [0.25, 0.3) is 0 Å². The normalized spacial score (nSPS) is 31.9. The highest BCUT2D eigenvalue weighted by Crippen LogP contribution is 2.54. The topological polar surface area (TPSA) is 46.9 Å². The van der Waals surface area contributed by atoms with Crippen LogP contribution < -0.4 is 0 Å². The number of rotatable bonds is 0. The average Bonchev–Trinajstić information content (AvgIpc) is 2.63. The minimum atomic E-state index is -0.195. The number of hydroxylamine groups is 4. The maximum Gasteiger partial charge on any atom is 0.0864 e. The molecule has 6 heteroatoms. The highest BCUT2D eigenvalue weighted by molar-refractivity contribution is 8.01. The Morgan fingerprint density at radius 2 is 1.10 bits per heavy atom. The Balaban J connectivity index is 0.000000291. The summed E-state index contributed by atoms with van der Waals surface area (Å²) in [6, 6.07) is 0. The van der Waals surface area contributed by atoms with Crippen LogP contribution in [0.25, 0.3) is 0 Å². The second-order valence-corrected chi connectivity index (χ2v) is 16.5. The first-order chi connectivity index (χ1) is 12.5. The fourth-order valence-corrected chi connectivity index (χ4v) is 8.26. The largest absolute Gasteiger partial charge is 0.312 e. The Labute approximate surface area is 189 Å². The van der Waals surface area contributed by atoms with E-state index in [4.69, 9.17) is 0 Å². The zero-order valence-corrected chi connectivity index (χ0v) is 23.1. The van der Waals surface area contributed by atoms with Crippen LogP contribution in [0.15, 0.2) is 0 Å². The quantitative estimate of drug-likeness (QED) is 0.412. The maximum absolute atomic E-state index is 10.2. The molecule has 174 valence electrons. The molecule has 2 N–H and O–H groups in total. The molecule has 2 fully saturated rings. The molecule has 2 atom stereocenters. The highest BCUT2D eigenvalue weighted by Gasteiger charge is 2.55. The van der Waals surface area contributed by atoms with Gasteiger partial charge in [0.05, 0.1) is 15.3 Å². The Bertz CT molecular complexity index is 556. The number of thioether (sulfide) groups is 2. The third-order valence-electron chi connectivity index (χ3n) is 6.06. The van der Waals surface area contributed by atoms with Crippen molar-refractivity contribution in [1.29, 1.82) is 0 Å². The molecule has 0 spiro atoms. The molecule has 2 heterocycles. The van der Waals surface area contributed by atoms with Crippen LogP contribution in [0.1, 0.15) is 103 Å². The first-order valence-corrected chi connectivity index (χ1v) is 12.6. The van der Waals surface area contributed by atoms with Gasteiger partial charge in [0, 0.05) is 16.0 Å². The molecular weight excluding hydrogens is 400 g/mol. The van der Waals surface area contributed by atoms with Crippen LogP contribution in [0.3, 0.4) is 0 Å². The van der Waals surface area contributed by atoms with Crippen LogP contribution in [0.2, 0.25) is 0 Å². The first-order valence-electron chi connectivity index (χ1n) is 10.8. The van der Waals surface area contributed by atoms with Crippen molar-refractivity contribution in [3.8, 4) is 0 Å². The Morgan fingerprint density at radius 1 is 0.690 bits per heavy atom. The van der Waals surface area contributed by atoms with Gasteiger partial charge in [-0.25, -0.2) is 0 Å². The molecule has 29 heavy (non-hydrogen) atoms. The molecule has 0 saturated carbocycles. The zero-order chi connectivity index (χ0) is 23.4. The number of nitrogens with zero attached hydrogens (tertiary/aromatic N) is 2. The van der Waals surface area contributed by atoms with Gasteiger partial charge in [-0.3, -0.25) is 0 Å². The van der Waals surface area contributed by atoms with E-state index in [9.17, 15) is 10.4 Å². The van der Waals surface area contributed by atoms with Gasteiger partial charge in [0.2, 0.25) is 0 Å². The molecule has 0 amide bonds. The molecule has 0 aromatic rings. The third-order valence-corrected chi connectivity index (χ3v) is 10.2. The molecule has 0 aromatic carbocycles. The summed E-state index contributed by atoms with van der Waals surface area (Å²) in [7, 11) is 0. The SMILES string of the molecule is CC(C)(C)C1CC(C)(C)N(O)C(C)(C)S1.CC(C)(C)C1SC(C)(C)N(O)C1(C)C. The summed E-state index contributed by atoms with van der Waals surface area (Å²) in [6.45, 7) is 30.4. The van der Waals surface area contributed by atoms with Gasteiger partial charge >= 0.3 is 0 Å². The lowest BCUT2D eigenvalue weighted by atomic mass is 9.80. The van der Waals surface area contributed by atoms with Gasteiger partial charge in [-0.05, 0) is 72.6 Å². The van der Waals surface area contributed by atoms with Crippen molar-refractivity contribution in [2.75, 3.05) is 0 Å². The van der Waals surface area contributed by atoms with E-state index >= 15 is 0 Å². The molecule has 2 unspecified atom stereocenters. The van der Waals surface area contributed by atoms with Crippen molar-refractivity contribution >= 4 is 23.5 Å². The number of hydrogen-bond donors (Lipinski definition) is 2. The molecule has 2 rings (SSSR count). The van der Waals surface area contributed by atoms with E-state index in [0.29, 0.717) is 15.9 Å². The van der Waals surface area contributed by atoms with E-state index in [1.165, 1.54) is 10.1 Å². The Morgan fingerprint density at radius 3 is 1.34 bits per heavy atom. The molecule has 0 radical (unpaired) electrons. The summed E-state index contributed by atoms with van der Waals surface area (Å²) in [5, 5.41) is 24.4. The van der Waals surface area contributed by atoms with Crippen LogP contribution in [-0.4, -0.2) is 51.9 Å². The predicted molar refractivity (Wildman–Crippen MR) is 130 cm³/mol. The zero-order valence-electron chi connectivity index (χ0n) is 21.5. The summed E-state index contributed by atoms with van der Waals surface area (Å²) in [5.41, 5.74) is 0.211. The van der Waals surface area contributed by atoms with Crippen molar-refractivity contribution < 1.29 is 10.4 Å². The van der Waals surface area contributed by atoms with Gasteiger partial charge in [0.1, 0.15) is 0 Å². The maximum atomic E-state index is 10.2. The summed E-state index contributed by atoms with van der Waals surface area (Å²) >= 11 is 3.75. The Hall–Kier alpha value is 0.540. The van der Waals surface area contributed by atoms with Gasteiger partial charge in [-0.15, -0.1) is 23.5 Å². The van der Waals surface area contributed by atoms with Gasteiger partial charge in [0.15, 0.2) is 0 Å². The monoisotopic (exact) mass is 448 g/mol. The van der Waals surface area contributed by atoms with E-state index in [1.54, 1.807) is 0 Å². The molecule has 2 aliphatic rings. The lowest BCUT2D eigenvalue weighted by Gasteiger charge is -2.53. The summed E-state index contributed by atoms with van der Waals surface area (Å²) in [6.07, 6.45) is 1.03. The molecule has 0 aliphatic carbocycles. The van der Waals surface area contributed by atoms with E-state index in [1.807, 2.05) is 23.5 Å². The number of hydrogen-bond acceptors (Lipinski definition) is 6. The molecule has 0 bridgehead atoms. The van der Waals surface area contributed by atoms with E-state index in [2.05, 4.69) is 96.9 Å². The van der Waals surface area contributed by atoms with Crippen molar-refractivity contribution in [3.63, 3.8) is 0 Å². The lowest BCUT2D eigenvalue weighted by molar-refractivity contribution is -0.204. The second kappa shape index (κ2) is 8.15. The van der Waals surface area contributed by atoms with Gasteiger partial charge in [-0.2, -0.15) is 10.1 Å². The van der Waals surface area contributed by atoms with E-state index < -0.39 is 0 Å². The van der Waals surface area contributed by atoms with Crippen LogP contribution in [0.4, 0.5) is 0 Å². The van der Waals surface area contributed by atoms with Crippen LogP contribution in [0.5, 0.6) is 0 Å². The van der Waals surface area contributed by atoms with E-state index in [-0.39, 0.29) is 26.2 Å². The van der Waals surface area contributed by atoms with Crippen LogP contribution in [0, 0.1) is 10.8 Å². The second-order valence-electron chi connectivity index (χ2n) is 13.0. The molecular formula is C23H48N2O2S2. The van der Waals surface area contributed by atoms with Crippen LogP contribution in [-0.2, 0) is 0 Å². The lowest BCUT2D eigenvalue weighted by Crippen LogP contribution is -2.59. The summed E-state index contributed by atoms with van der Waals surface area (Å²) in [4.78, 5) is -0.374. The molecule has 0 aromatic heterocycles. The molecule has 2 saturated heterocycles. The van der Waals surface area contributed by atoms with Crippen molar-refractivity contribution in [1.82, 2.24) is 10.1 Å². The van der Waals surface area contributed by atoms with Crippen LogP contribution >= 0.6 is 23.5 Å². The van der Waals surface area contributed by atoms with Crippen molar-refractivity contribution in [2.45, 2.75) is 135 Å². The molecule has 2 aliphatic heterocycles. The smallest absolute Gasteiger partial charge is 0.0864 e. The third kappa shape index (κ3) is 6.07.